The Kier molecular flexibility index (Phi) is 4.97. The lowest BCUT2D eigenvalue weighted by Crippen LogP contribution is -2.51. The summed E-state index contributed by atoms with van der Waals surface area (Å²) >= 11 is 6.19. The second-order valence-electron chi connectivity index (χ2n) is 7.14. The molecule has 2 unspecified atom stereocenters. The summed E-state index contributed by atoms with van der Waals surface area (Å²) in [6.07, 6.45) is -0.816. The molecule has 3 rings (SSSR count). The van der Waals surface area contributed by atoms with Gasteiger partial charge in [-0.1, -0.05) is 23.7 Å². The summed E-state index contributed by atoms with van der Waals surface area (Å²) < 4.78 is 5.91. The number of amides is 1. The van der Waals surface area contributed by atoms with Gasteiger partial charge in [0.25, 0.3) is 0 Å². The molecule has 0 spiro atoms. The number of fused-ring (bicyclic) bond motifs is 1. The van der Waals surface area contributed by atoms with E-state index in [1.807, 2.05) is 44.2 Å². The number of rotatable bonds is 3. The molecule has 0 saturated carbocycles. The largest absolute Gasteiger partial charge is 0.485 e. The van der Waals surface area contributed by atoms with Crippen molar-refractivity contribution in [2.75, 3.05) is 0 Å². The molecule has 1 aliphatic heterocycles. The van der Waals surface area contributed by atoms with Gasteiger partial charge in [0.2, 0.25) is 5.91 Å². The van der Waals surface area contributed by atoms with E-state index in [9.17, 15) is 9.90 Å². The van der Waals surface area contributed by atoms with Crippen LogP contribution in [0.2, 0.25) is 5.02 Å². The molecule has 0 aliphatic carbocycles. The highest BCUT2D eigenvalue weighted by atomic mass is 35.5. The van der Waals surface area contributed by atoms with Gasteiger partial charge in [-0.15, -0.1) is 0 Å². The third-order valence-electron chi connectivity index (χ3n) is 4.71. The summed E-state index contributed by atoms with van der Waals surface area (Å²) in [5.74, 6) is 0.569. The van der Waals surface area contributed by atoms with Gasteiger partial charge in [0.15, 0.2) is 0 Å². The van der Waals surface area contributed by atoms with Gasteiger partial charge < -0.3 is 20.9 Å². The standard InChI is InChI=1S/C20H23ClN2O3/c1-11(24)23-10-13-4-6-14(21)9-15(13)12-5-7-17-16(8-12)18(22)19(25)20(2,3)26-17/h4-9,18-19,25H,10,22H2,1-3H3,(H,23,24). The fourth-order valence-electron chi connectivity index (χ4n) is 3.21. The third kappa shape index (κ3) is 3.56. The maximum atomic E-state index is 11.3. The summed E-state index contributed by atoms with van der Waals surface area (Å²) in [5.41, 5.74) is 9.01. The van der Waals surface area contributed by atoms with Crippen LogP contribution in [0.3, 0.4) is 0 Å². The average Bonchev–Trinajstić information content (AvgIpc) is 2.58. The van der Waals surface area contributed by atoms with Crippen LogP contribution in [0.5, 0.6) is 5.75 Å². The fourth-order valence-corrected chi connectivity index (χ4v) is 3.38. The molecule has 2 aromatic rings. The van der Waals surface area contributed by atoms with Gasteiger partial charge in [-0.05, 0) is 54.8 Å². The van der Waals surface area contributed by atoms with E-state index in [1.54, 1.807) is 6.07 Å². The minimum absolute atomic E-state index is 0.0999. The molecule has 0 radical (unpaired) electrons. The van der Waals surface area contributed by atoms with E-state index in [4.69, 9.17) is 22.1 Å². The second kappa shape index (κ2) is 6.91. The molecule has 138 valence electrons. The predicted octanol–water partition coefficient (Wildman–Crippen LogP) is 3.17. The Hall–Kier alpha value is -2.08. The maximum absolute atomic E-state index is 11.3. The van der Waals surface area contributed by atoms with E-state index in [0.29, 0.717) is 17.3 Å². The van der Waals surface area contributed by atoms with Crippen molar-refractivity contribution in [1.82, 2.24) is 5.32 Å². The van der Waals surface area contributed by atoms with E-state index in [1.165, 1.54) is 6.92 Å². The highest BCUT2D eigenvalue weighted by Crippen LogP contribution is 2.41. The topological polar surface area (TPSA) is 84.6 Å². The van der Waals surface area contributed by atoms with Gasteiger partial charge in [-0.2, -0.15) is 0 Å². The summed E-state index contributed by atoms with van der Waals surface area (Å²) in [7, 11) is 0. The number of benzene rings is 2. The lowest BCUT2D eigenvalue weighted by atomic mass is 9.85. The normalized spacial score (nSPS) is 20.8. The summed E-state index contributed by atoms with van der Waals surface area (Å²) in [4.78, 5) is 11.3. The highest BCUT2D eigenvalue weighted by Gasteiger charge is 2.41. The smallest absolute Gasteiger partial charge is 0.217 e. The average molecular weight is 375 g/mol. The highest BCUT2D eigenvalue weighted by molar-refractivity contribution is 6.30. The number of hydrogen-bond acceptors (Lipinski definition) is 4. The Morgan fingerprint density at radius 3 is 2.73 bits per heavy atom. The maximum Gasteiger partial charge on any atom is 0.217 e. The molecule has 0 saturated heterocycles. The lowest BCUT2D eigenvalue weighted by molar-refractivity contribution is -0.119. The van der Waals surface area contributed by atoms with E-state index >= 15 is 0 Å². The van der Waals surface area contributed by atoms with Crippen molar-refractivity contribution in [2.24, 2.45) is 5.73 Å². The summed E-state index contributed by atoms with van der Waals surface area (Å²) in [5, 5.41) is 13.9. The van der Waals surface area contributed by atoms with Gasteiger partial charge in [0, 0.05) is 24.1 Å². The monoisotopic (exact) mass is 374 g/mol. The number of carbonyl (C=O) groups excluding carboxylic acids is 1. The van der Waals surface area contributed by atoms with Gasteiger partial charge in [0.1, 0.15) is 17.5 Å². The van der Waals surface area contributed by atoms with Crippen molar-refractivity contribution in [3.05, 3.63) is 52.5 Å². The van der Waals surface area contributed by atoms with Crippen molar-refractivity contribution in [3.8, 4) is 16.9 Å². The van der Waals surface area contributed by atoms with Crippen LogP contribution in [-0.4, -0.2) is 22.7 Å². The predicted molar refractivity (Wildman–Crippen MR) is 102 cm³/mol. The van der Waals surface area contributed by atoms with Crippen LogP contribution >= 0.6 is 11.6 Å². The Balaban J connectivity index is 2.04. The zero-order valence-electron chi connectivity index (χ0n) is 15.0. The van der Waals surface area contributed by atoms with Crippen LogP contribution in [0.15, 0.2) is 36.4 Å². The molecular weight excluding hydrogens is 352 g/mol. The molecule has 4 N–H and O–H groups in total. The first-order valence-electron chi connectivity index (χ1n) is 8.49. The lowest BCUT2D eigenvalue weighted by Gasteiger charge is -2.40. The molecule has 2 aromatic carbocycles. The molecule has 6 heteroatoms. The molecule has 1 heterocycles. The van der Waals surface area contributed by atoms with Crippen molar-refractivity contribution < 1.29 is 14.6 Å². The van der Waals surface area contributed by atoms with Crippen molar-refractivity contribution in [3.63, 3.8) is 0 Å². The quantitative estimate of drug-likeness (QED) is 0.770. The number of nitrogens with one attached hydrogen (secondary N) is 1. The number of nitrogens with two attached hydrogens (primary N) is 1. The van der Waals surface area contributed by atoms with Crippen molar-refractivity contribution in [1.29, 1.82) is 0 Å². The second-order valence-corrected chi connectivity index (χ2v) is 7.58. The molecule has 26 heavy (non-hydrogen) atoms. The molecule has 1 aliphatic rings. The number of halogens is 1. The fraction of sp³-hybridized carbons (Fsp3) is 0.350. The zero-order valence-corrected chi connectivity index (χ0v) is 15.8. The van der Waals surface area contributed by atoms with Crippen LogP contribution < -0.4 is 15.8 Å². The number of ether oxygens (including phenoxy) is 1. The van der Waals surface area contributed by atoms with Gasteiger partial charge >= 0.3 is 0 Å². The first-order chi connectivity index (χ1) is 12.2. The van der Waals surface area contributed by atoms with Crippen molar-refractivity contribution in [2.45, 2.75) is 45.1 Å². The Morgan fingerprint density at radius 1 is 1.31 bits per heavy atom. The molecule has 2 atom stereocenters. The molecule has 0 aromatic heterocycles. The molecule has 5 nitrogen and oxygen atoms in total. The Morgan fingerprint density at radius 2 is 2.04 bits per heavy atom. The van der Waals surface area contributed by atoms with E-state index in [2.05, 4.69) is 5.32 Å². The minimum atomic E-state index is -0.816. The third-order valence-corrected chi connectivity index (χ3v) is 4.94. The first-order valence-corrected chi connectivity index (χ1v) is 8.86. The minimum Gasteiger partial charge on any atom is -0.485 e. The van der Waals surface area contributed by atoms with Crippen LogP contribution in [0.1, 0.15) is 37.9 Å². The van der Waals surface area contributed by atoms with Crippen LogP contribution in [0.4, 0.5) is 0 Å². The Labute approximate surface area is 158 Å². The number of hydrogen-bond donors (Lipinski definition) is 3. The summed E-state index contributed by atoms with van der Waals surface area (Å²) in [6.45, 7) is 5.51. The molecular formula is C20H23ClN2O3. The molecule has 0 bridgehead atoms. The molecule has 0 fully saturated rings. The van der Waals surface area contributed by atoms with Crippen LogP contribution in [0, 0.1) is 0 Å². The zero-order chi connectivity index (χ0) is 19.1. The van der Waals surface area contributed by atoms with Crippen LogP contribution in [-0.2, 0) is 11.3 Å². The van der Waals surface area contributed by atoms with Gasteiger partial charge in [-0.3, -0.25) is 4.79 Å². The SMILES string of the molecule is CC(=O)NCc1ccc(Cl)cc1-c1ccc2c(c1)C(N)C(O)C(C)(C)O2. The van der Waals surface area contributed by atoms with Crippen LogP contribution in [0.25, 0.3) is 11.1 Å². The number of aliphatic hydroxyl groups excluding tert-OH is 1. The molecule has 1 amide bonds. The van der Waals surface area contributed by atoms with Gasteiger partial charge in [-0.25, -0.2) is 0 Å². The summed E-state index contributed by atoms with van der Waals surface area (Å²) in [6, 6.07) is 10.7. The van der Waals surface area contributed by atoms with E-state index in [-0.39, 0.29) is 5.91 Å². The first kappa shape index (κ1) is 18.7. The van der Waals surface area contributed by atoms with E-state index in [0.717, 1.165) is 22.3 Å². The number of aliphatic hydroxyl groups is 1. The number of carbonyl (C=O) groups is 1. The Bertz CT molecular complexity index is 851. The van der Waals surface area contributed by atoms with Gasteiger partial charge in [0.05, 0.1) is 6.04 Å². The van der Waals surface area contributed by atoms with E-state index < -0.39 is 17.7 Å². The van der Waals surface area contributed by atoms with Crippen molar-refractivity contribution >= 4 is 17.5 Å².